The molecule has 3 amide bonds. The predicted molar refractivity (Wildman–Crippen MR) is 97.9 cm³/mol. The van der Waals surface area contributed by atoms with Crippen LogP contribution in [0.3, 0.4) is 0 Å². The maximum atomic E-state index is 12.5. The van der Waals surface area contributed by atoms with Crippen LogP contribution in [0.1, 0.15) is 43.2 Å². The van der Waals surface area contributed by atoms with Crippen LogP contribution in [0.5, 0.6) is 0 Å². The van der Waals surface area contributed by atoms with E-state index in [1.807, 2.05) is 0 Å². The highest BCUT2D eigenvalue weighted by molar-refractivity contribution is 7.14. The van der Waals surface area contributed by atoms with Crippen LogP contribution in [0.2, 0.25) is 0 Å². The molecule has 1 aromatic heterocycles. The molecule has 0 radical (unpaired) electrons. The van der Waals surface area contributed by atoms with Gasteiger partial charge in [-0.25, -0.2) is 4.98 Å². The minimum Gasteiger partial charge on any atom is -0.385 e. The summed E-state index contributed by atoms with van der Waals surface area (Å²) in [6.07, 6.45) is 0.558. The Balaban J connectivity index is 1.76. The van der Waals surface area contributed by atoms with Crippen molar-refractivity contribution < 1.29 is 19.1 Å². The summed E-state index contributed by atoms with van der Waals surface area (Å²) in [5, 5.41) is 4.85. The molecule has 0 fully saturated rings. The molecule has 1 aliphatic rings. The number of aromatic nitrogens is 1. The van der Waals surface area contributed by atoms with E-state index in [0.717, 1.165) is 0 Å². The van der Waals surface area contributed by atoms with Gasteiger partial charge in [0.05, 0.1) is 22.7 Å². The number of fused-ring (bicyclic) bond motifs is 1. The first-order chi connectivity index (χ1) is 12.5. The van der Waals surface area contributed by atoms with Gasteiger partial charge in [0.2, 0.25) is 0 Å². The number of hydrogen-bond acceptors (Lipinski definition) is 6. The average molecular weight is 394 g/mol. The van der Waals surface area contributed by atoms with Gasteiger partial charge in [-0.2, -0.15) is 0 Å². The number of anilines is 1. The summed E-state index contributed by atoms with van der Waals surface area (Å²) in [5.74, 6) is -0.878. The first-order valence-corrected chi connectivity index (χ1v) is 9.27. The Kier molecular flexibility index (Phi) is 5.65. The van der Waals surface area contributed by atoms with Crippen LogP contribution < -0.4 is 5.32 Å². The number of benzene rings is 1. The Labute approximate surface area is 158 Å². The fraction of sp³-hybridized carbons (Fsp3) is 0.294. The number of thiazole rings is 1. The molecule has 0 aliphatic carbocycles. The van der Waals surface area contributed by atoms with Crippen LogP contribution in [0, 0.1) is 0 Å². The summed E-state index contributed by atoms with van der Waals surface area (Å²) >= 11 is 6.96. The number of nitrogens with zero attached hydrogens (tertiary/aromatic N) is 2. The van der Waals surface area contributed by atoms with Crippen LogP contribution in [0.15, 0.2) is 23.6 Å². The number of halogens is 1. The van der Waals surface area contributed by atoms with E-state index < -0.39 is 11.8 Å². The van der Waals surface area contributed by atoms with E-state index in [2.05, 4.69) is 10.3 Å². The maximum Gasteiger partial charge on any atom is 0.261 e. The second-order valence-corrected chi connectivity index (χ2v) is 6.73. The Morgan fingerprint density at radius 1 is 1.31 bits per heavy atom. The molecule has 0 saturated carbocycles. The van der Waals surface area contributed by atoms with Gasteiger partial charge in [-0.1, -0.05) is 0 Å². The van der Waals surface area contributed by atoms with Crippen molar-refractivity contribution in [1.82, 2.24) is 9.88 Å². The molecule has 7 nitrogen and oxygen atoms in total. The first kappa shape index (κ1) is 18.5. The molecule has 136 valence electrons. The summed E-state index contributed by atoms with van der Waals surface area (Å²) in [5.41, 5.74) is 1.50. The Morgan fingerprint density at radius 3 is 2.77 bits per heavy atom. The molecule has 1 aliphatic heterocycles. The number of hydrogen-bond donors (Lipinski definition) is 1. The molecule has 3 rings (SSSR count). The number of carbonyl (C=O) groups is 3. The van der Waals surface area contributed by atoms with Crippen molar-refractivity contribution in [2.75, 3.05) is 25.6 Å². The van der Waals surface area contributed by atoms with E-state index in [0.29, 0.717) is 29.4 Å². The van der Waals surface area contributed by atoms with Gasteiger partial charge in [-0.3, -0.25) is 24.6 Å². The Bertz CT molecular complexity index is 867. The summed E-state index contributed by atoms with van der Waals surface area (Å²) < 4.78 is 4.95. The zero-order chi connectivity index (χ0) is 18.7. The summed E-state index contributed by atoms with van der Waals surface area (Å²) in [6.45, 7) is 0.737. The molecular formula is C17H16ClN3O4S. The minimum absolute atomic E-state index is 0.237. The van der Waals surface area contributed by atoms with Gasteiger partial charge < -0.3 is 4.74 Å². The van der Waals surface area contributed by atoms with Gasteiger partial charge in [0, 0.05) is 31.2 Å². The molecule has 2 aromatic rings. The molecule has 0 saturated heterocycles. The Morgan fingerprint density at radius 2 is 2.08 bits per heavy atom. The SMILES string of the molecule is COCCCN1C(=O)c2ccc(C(=O)Nc3nc(CCl)cs3)cc2C1=O. The number of ether oxygens (including phenoxy) is 1. The second kappa shape index (κ2) is 7.94. The molecule has 9 heteroatoms. The first-order valence-electron chi connectivity index (χ1n) is 7.86. The largest absolute Gasteiger partial charge is 0.385 e. The second-order valence-electron chi connectivity index (χ2n) is 5.60. The van der Waals surface area contributed by atoms with Gasteiger partial charge in [-0.05, 0) is 24.6 Å². The number of amides is 3. The number of alkyl halides is 1. The Hall–Kier alpha value is -2.29. The third-order valence-electron chi connectivity index (χ3n) is 3.87. The van der Waals surface area contributed by atoms with Crippen molar-refractivity contribution in [1.29, 1.82) is 0 Å². The fourth-order valence-corrected chi connectivity index (χ4v) is 3.53. The van der Waals surface area contributed by atoms with Gasteiger partial charge in [0.25, 0.3) is 17.7 Å². The highest BCUT2D eigenvalue weighted by Gasteiger charge is 2.35. The number of methoxy groups -OCH3 is 1. The number of imide groups is 1. The monoisotopic (exact) mass is 393 g/mol. The lowest BCUT2D eigenvalue weighted by atomic mass is 10.1. The van der Waals surface area contributed by atoms with Crippen LogP contribution >= 0.6 is 22.9 Å². The van der Waals surface area contributed by atoms with E-state index in [9.17, 15) is 14.4 Å². The molecule has 2 heterocycles. The smallest absolute Gasteiger partial charge is 0.261 e. The van der Waals surface area contributed by atoms with Crippen molar-refractivity contribution in [2.45, 2.75) is 12.3 Å². The summed E-state index contributed by atoms with van der Waals surface area (Å²) in [4.78, 5) is 42.6. The highest BCUT2D eigenvalue weighted by atomic mass is 35.5. The molecule has 0 bridgehead atoms. The topological polar surface area (TPSA) is 88.6 Å². The number of carbonyl (C=O) groups excluding carboxylic acids is 3. The predicted octanol–water partition coefficient (Wildman–Crippen LogP) is 2.77. The van der Waals surface area contributed by atoms with Gasteiger partial charge in [0.1, 0.15) is 0 Å². The quantitative estimate of drug-likeness (QED) is 0.444. The van der Waals surface area contributed by atoms with Crippen LogP contribution in [0.25, 0.3) is 0 Å². The third kappa shape index (κ3) is 3.62. The standard InChI is InChI=1S/C17H16ClN3O4S/c1-25-6-2-5-21-15(23)12-4-3-10(7-13(12)16(21)24)14(22)20-17-19-11(8-18)9-26-17/h3-4,7,9H,2,5-6,8H2,1H3,(H,19,20,22). The lowest BCUT2D eigenvalue weighted by Gasteiger charge is -2.12. The number of rotatable bonds is 7. The average Bonchev–Trinajstić information content (AvgIpc) is 3.19. The van der Waals surface area contributed by atoms with Crippen molar-refractivity contribution in [2.24, 2.45) is 0 Å². The van der Waals surface area contributed by atoms with Crippen molar-refractivity contribution in [3.63, 3.8) is 0 Å². The van der Waals surface area contributed by atoms with Gasteiger partial charge >= 0.3 is 0 Å². The van der Waals surface area contributed by atoms with Gasteiger partial charge in [-0.15, -0.1) is 22.9 Å². The highest BCUT2D eigenvalue weighted by Crippen LogP contribution is 2.25. The van der Waals surface area contributed by atoms with Crippen molar-refractivity contribution in [3.05, 3.63) is 46.0 Å². The van der Waals surface area contributed by atoms with Crippen molar-refractivity contribution in [3.8, 4) is 0 Å². The minimum atomic E-state index is -0.402. The number of nitrogens with one attached hydrogen (secondary N) is 1. The summed E-state index contributed by atoms with van der Waals surface area (Å²) in [7, 11) is 1.56. The third-order valence-corrected chi connectivity index (χ3v) is 4.95. The zero-order valence-corrected chi connectivity index (χ0v) is 15.5. The lowest BCUT2D eigenvalue weighted by Crippen LogP contribution is -2.31. The van der Waals surface area contributed by atoms with E-state index in [-0.39, 0.29) is 29.5 Å². The van der Waals surface area contributed by atoms with Gasteiger partial charge in [0.15, 0.2) is 5.13 Å². The molecule has 1 N–H and O–H groups in total. The molecule has 1 aromatic carbocycles. The van der Waals surface area contributed by atoms with Crippen molar-refractivity contribution >= 4 is 45.8 Å². The van der Waals surface area contributed by atoms with Crippen LogP contribution in [-0.2, 0) is 10.6 Å². The summed E-state index contributed by atoms with van der Waals surface area (Å²) in [6, 6.07) is 4.47. The molecule has 0 unspecified atom stereocenters. The normalized spacial score (nSPS) is 13.2. The zero-order valence-electron chi connectivity index (χ0n) is 14.0. The molecule has 26 heavy (non-hydrogen) atoms. The van der Waals surface area contributed by atoms with E-state index in [4.69, 9.17) is 16.3 Å². The van der Waals surface area contributed by atoms with Crippen LogP contribution in [0.4, 0.5) is 5.13 Å². The lowest BCUT2D eigenvalue weighted by molar-refractivity contribution is 0.0638. The molecular weight excluding hydrogens is 378 g/mol. The molecule has 0 spiro atoms. The fourth-order valence-electron chi connectivity index (χ4n) is 2.60. The van der Waals surface area contributed by atoms with E-state index >= 15 is 0 Å². The maximum absolute atomic E-state index is 12.5. The van der Waals surface area contributed by atoms with Crippen LogP contribution in [-0.4, -0.2) is 47.9 Å². The molecule has 0 atom stereocenters. The van der Waals surface area contributed by atoms with E-state index in [1.54, 1.807) is 12.5 Å². The van der Waals surface area contributed by atoms with E-state index in [1.165, 1.54) is 34.4 Å².